The molecule has 0 aliphatic carbocycles. The van der Waals surface area contributed by atoms with E-state index in [1.54, 1.807) is 18.7 Å². The highest BCUT2D eigenvalue weighted by Crippen LogP contribution is 2.37. The Hall–Kier alpha value is -0.710. The summed E-state index contributed by atoms with van der Waals surface area (Å²) >= 11 is 7.79. The summed E-state index contributed by atoms with van der Waals surface area (Å²) in [6, 6.07) is 5.36. The van der Waals surface area contributed by atoms with Gasteiger partial charge in [0.1, 0.15) is 0 Å². The van der Waals surface area contributed by atoms with Gasteiger partial charge in [-0.25, -0.2) is 0 Å². The van der Waals surface area contributed by atoms with Crippen molar-refractivity contribution in [1.82, 2.24) is 5.32 Å². The fraction of sp³-hybridized carbons (Fsp3) is 0.417. The summed E-state index contributed by atoms with van der Waals surface area (Å²) in [6.07, 6.45) is 0.913. The van der Waals surface area contributed by atoms with E-state index in [4.69, 9.17) is 17.3 Å². The maximum atomic E-state index is 11.6. The Bertz CT molecular complexity index is 437. The van der Waals surface area contributed by atoms with Gasteiger partial charge >= 0.3 is 0 Å². The molecule has 0 saturated carbocycles. The van der Waals surface area contributed by atoms with Crippen LogP contribution in [0.5, 0.6) is 0 Å². The molecule has 3 N–H and O–H groups in total. The smallest absolute Gasteiger partial charge is 0.237 e. The molecule has 2 atom stereocenters. The fourth-order valence-corrected chi connectivity index (χ4v) is 3.10. The number of carbonyl (C=O) groups excluding carboxylic acids is 1. The first-order chi connectivity index (χ1) is 8.08. The number of nitrogens with one attached hydrogen (secondary N) is 1. The zero-order valence-electron chi connectivity index (χ0n) is 9.57. The van der Waals surface area contributed by atoms with Gasteiger partial charge in [-0.15, -0.1) is 11.8 Å². The second kappa shape index (κ2) is 5.29. The highest BCUT2D eigenvalue weighted by molar-refractivity contribution is 7.99. The molecule has 1 aliphatic heterocycles. The van der Waals surface area contributed by atoms with Gasteiger partial charge in [0.05, 0.1) is 12.1 Å². The van der Waals surface area contributed by atoms with Crippen LogP contribution >= 0.6 is 23.4 Å². The number of hydrogen-bond acceptors (Lipinski definition) is 3. The molecule has 0 saturated heterocycles. The normalized spacial score (nSPS) is 20.5. The number of carbonyl (C=O) groups is 1. The molecule has 1 unspecified atom stereocenters. The van der Waals surface area contributed by atoms with E-state index in [0.29, 0.717) is 5.02 Å². The molecule has 92 valence electrons. The average molecular weight is 271 g/mol. The zero-order valence-corrected chi connectivity index (χ0v) is 11.1. The first-order valence-electron chi connectivity index (χ1n) is 5.56. The van der Waals surface area contributed by atoms with Gasteiger partial charge in [-0.1, -0.05) is 11.6 Å². The Morgan fingerprint density at radius 2 is 2.41 bits per heavy atom. The lowest BCUT2D eigenvalue weighted by Gasteiger charge is -2.26. The van der Waals surface area contributed by atoms with E-state index in [1.807, 2.05) is 18.2 Å². The Kier molecular flexibility index (Phi) is 3.97. The van der Waals surface area contributed by atoms with Crippen LogP contribution in [0.15, 0.2) is 23.1 Å². The highest BCUT2D eigenvalue weighted by Gasteiger charge is 2.23. The minimum absolute atomic E-state index is 0.0310. The van der Waals surface area contributed by atoms with E-state index in [1.165, 1.54) is 4.90 Å². The van der Waals surface area contributed by atoms with Crippen molar-refractivity contribution in [2.45, 2.75) is 30.3 Å². The van der Waals surface area contributed by atoms with Crippen molar-refractivity contribution in [3.05, 3.63) is 28.8 Å². The molecule has 1 aromatic rings. The molecular formula is C12H15ClN2OS. The molecule has 0 aromatic heterocycles. The number of rotatable bonds is 2. The summed E-state index contributed by atoms with van der Waals surface area (Å²) < 4.78 is 0. The van der Waals surface area contributed by atoms with Crippen LogP contribution in [-0.4, -0.2) is 17.7 Å². The lowest BCUT2D eigenvalue weighted by Crippen LogP contribution is -2.41. The molecular weight excluding hydrogens is 256 g/mol. The van der Waals surface area contributed by atoms with Crippen LogP contribution in [0.25, 0.3) is 0 Å². The van der Waals surface area contributed by atoms with Crippen LogP contribution in [0.1, 0.15) is 24.9 Å². The number of fused-ring (bicyclic) bond motifs is 1. The third kappa shape index (κ3) is 2.94. The van der Waals surface area contributed by atoms with Crippen molar-refractivity contribution in [3.63, 3.8) is 0 Å². The van der Waals surface area contributed by atoms with Crippen molar-refractivity contribution in [1.29, 1.82) is 0 Å². The molecule has 2 rings (SSSR count). The monoisotopic (exact) mass is 270 g/mol. The Morgan fingerprint density at radius 1 is 1.65 bits per heavy atom. The van der Waals surface area contributed by atoms with Gasteiger partial charge in [0.15, 0.2) is 0 Å². The maximum absolute atomic E-state index is 11.6. The number of thioether (sulfide) groups is 1. The van der Waals surface area contributed by atoms with Crippen LogP contribution in [-0.2, 0) is 4.79 Å². The van der Waals surface area contributed by atoms with Crippen molar-refractivity contribution in [2.75, 3.05) is 5.75 Å². The Balaban J connectivity index is 2.22. The lowest BCUT2D eigenvalue weighted by molar-refractivity contribution is -0.122. The SMILES string of the molecule is C[C@H](N)C(=O)NC1CCSc2ccc(Cl)cc21. The predicted octanol–water partition coefficient (Wildman–Crippen LogP) is 2.34. The topological polar surface area (TPSA) is 55.1 Å². The molecule has 0 spiro atoms. The van der Waals surface area contributed by atoms with Crippen molar-refractivity contribution in [2.24, 2.45) is 5.73 Å². The standard InChI is InChI=1S/C12H15ClN2OS/c1-7(14)12(16)15-10-4-5-17-11-3-2-8(13)6-9(10)11/h2-3,6-7,10H,4-5,14H2,1H3,(H,15,16)/t7-,10?/m0/s1. The Labute approximate surface area is 110 Å². The van der Waals surface area contributed by atoms with E-state index in [9.17, 15) is 4.79 Å². The molecule has 0 radical (unpaired) electrons. The van der Waals surface area contributed by atoms with Gasteiger partial charge in [0.25, 0.3) is 0 Å². The molecule has 0 bridgehead atoms. The molecule has 3 nitrogen and oxygen atoms in total. The summed E-state index contributed by atoms with van der Waals surface area (Å²) in [5, 5.41) is 3.67. The van der Waals surface area contributed by atoms with E-state index in [2.05, 4.69) is 5.32 Å². The first kappa shape index (κ1) is 12.7. The number of hydrogen-bond donors (Lipinski definition) is 2. The molecule has 17 heavy (non-hydrogen) atoms. The number of amides is 1. The van der Waals surface area contributed by atoms with Gasteiger partial charge in [-0.3, -0.25) is 4.79 Å². The second-order valence-corrected chi connectivity index (χ2v) is 5.74. The maximum Gasteiger partial charge on any atom is 0.237 e. The van der Waals surface area contributed by atoms with Crippen molar-refractivity contribution >= 4 is 29.3 Å². The molecule has 1 aliphatic rings. The fourth-order valence-electron chi connectivity index (χ4n) is 1.82. The van der Waals surface area contributed by atoms with Gasteiger partial charge in [-0.2, -0.15) is 0 Å². The summed E-state index contributed by atoms with van der Waals surface area (Å²) in [5.41, 5.74) is 6.66. The van der Waals surface area contributed by atoms with Crippen molar-refractivity contribution < 1.29 is 4.79 Å². The third-order valence-electron chi connectivity index (χ3n) is 2.74. The summed E-state index contributed by atoms with van der Waals surface area (Å²) in [7, 11) is 0. The average Bonchev–Trinajstić information content (AvgIpc) is 2.29. The van der Waals surface area contributed by atoms with E-state index in [-0.39, 0.29) is 11.9 Å². The highest BCUT2D eigenvalue weighted by atomic mass is 35.5. The van der Waals surface area contributed by atoms with Gasteiger partial charge in [0, 0.05) is 15.7 Å². The van der Waals surface area contributed by atoms with E-state index < -0.39 is 6.04 Å². The van der Waals surface area contributed by atoms with Crippen LogP contribution < -0.4 is 11.1 Å². The molecule has 5 heteroatoms. The quantitative estimate of drug-likeness (QED) is 0.867. The van der Waals surface area contributed by atoms with E-state index in [0.717, 1.165) is 17.7 Å². The summed E-state index contributed by atoms with van der Waals surface area (Å²) in [5.74, 6) is 0.881. The van der Waals surface area contributed by atoms with E-state index >= 15 is 0 Å². The van der Waals surface area contributed by atoms with Gasteiger partial charge < -0.3 is 11.1 Å². The van der Waals surface area contributed by atoms with Crippen LogP contribution in [0.2, 0.25) is 5.02 Å². The minimum atomic E-state index is -0.479. The first-order valence-corrected chi connectivity index (χ1v) is 6.92. The van der Waals surface area contributed by atoms with Crippen LogP contribution in [0.3, 0.4) is 0 Å². The number of nitrogens with two attached hydrogens (primary N) is 1. The third-order valence-corrected chi connectivity index (χ3v) is 4.10. The van der Waals surface area contributed by atoms with Crippen LogP contribution in [0.4, 0.5) is 0 Å². The zero-order chi connectivity index (χ0) is 12.4. The van der Waals surface area contributed by atoms with Crippen LogP contribution in [0, 0.1) is 0 Å². The minimum Gasteiger partial charge on any atom is -0.348 e. The predicted molar refractivity (Wildman–Crippen MR) is 71.3 cm³/mol. The number of benzene rings is 1. The molecule has 0 fully saturated rings. The summed E-state index contributed by atoms with van der Waals surface area (Å²) in [4.78, 5) is 12.8. The van der Waals surface area contributed by atoms with Gasteiger partial charge in [0.2, 0.25) is 5.91 Å². The second-order valence-electron chi connectivity index (χ2n) is 4.17. The molecule has 1 amide bonds. The molecule has 1 heterocycles. The number of halogens is 1. The molecule has 1 aromatic carbocycles. The lowest BCUT2D eigenvalue weighted by atomic mass is 10.0. The largest absolute Gasteiger partial charge is 0.348 e. The van der Waals surface area contributed by atoms with Crippen molar-refractivity contribution in [3.8, 4) is 0 Å². The Morgan fingerprint density at radius 3 is 3.12 bits per heavy atom. The summed E-state index contributed by atoms with van der Waals surface area (Å²) in [6.45, 7) is 1.69. The van der Waals surface area contributed by atoms with Gasteiger partial charge in [-0.05, 0) is 37.1 Å².